The zero-order valence-electron chi connectivity index (χ0n) is 16.4. The molecule has 2 heterocycles. The van der Waals surface area contributed by atoms with Crippen LogP contribution in [0.25, 0.3) is 0 Å². The van der Waals surface area contributed by atoms with Gasteiger partial charge in [0.1, 0.15) is 6.17 Å². The molecule has 0 saturated carbocycles. The van der Waals surface area contributed by atoms with E-state index in [-0.39, 0.29) is 18.1 Å². The van der Waals surface area contributed by atoms with E-state index < -0.39 is 12.3 Å². The molecular formula is C19H33FN4O2. The van der Waals surface area contributed by atoms with E-state index in [2.05, 4.69) is 24.2 Å². The highest BCUT2D eigenvalue weighted by molar-refractivity contribution is 5.81. The number of urea groups is 1. The summed E-state index contributed by atoms with van der Waals surface area (Å²) in [6.07, 6.45) is 4.12. The van der Waals surface area contributed by atoms with Crippen molar-refractivity contribution < 1.29 is 14.3 Å². The molecule has 2 amide bonds. The van der Waals surface area contributed by atoms with Crippen molar-refractivity contribution >= 4 is 12.2 Å². The molecule has 0 aromatic heterocycles. The number of aliphatic hydroxyl groups excluding tert-OH is 1. The Kier molecular flexibility index (Phi) is 7.17. The number of dihydropyridines is 1. The molecule has 148 valence electrons. The van der Waals surface area contributed by atoms with Crippen LogP contribution in [0.1, 0.15) is 33.1 Å². The van der Waals surface area contributed by atoms with Crippen molar-refractivity contribution in [2.45, 2.75) is 50.9 Å². The standard InChI is InChI=1S/C19H33FN4O2/c1-19(2,22-13-17(25)15-9-16(20)12-21-11-15)10-14-5-7-24(8-6-14)18(26)23(3)4/h9,11,14,16-17,22,25H,5-8,10,12-13H2,1-4H3/t16?,17-/m0/s1. The van der Waals surface area contributed by atoms with E-state index in [0.717, 1.165) is 32.4 Å². The van der Waals surface area contributed by atoms with E-state index >= 15 is 0 Å². The first-order valence-electron chi connectivity index (χ1n) is 9.43. The van der Waals surface area contributed by atoms with Gasteiger partial charge in [0.05, 0.1) is 12.6 Å². The Bertz CT molecular complexity index is 540. The summed E-state index contributed by atoms with van der Waals surface area (Å²) < 4.78 is 13.4. The zero-order valence-corrected chi connectivity index (χ0v) is 16.4. The number of β-amino-alcohol motifs (C(OH)–C–C–N with tert-alkyl or cyclic N) is 1. The minimum Gasteiger partial charge on any atom is -0.387 e. The summed E-state index contributed by atoms with van der Waals surface area (Å²) in [6, 6.07) is 0.0811. The predicted octanol–water partition coefficient (Wildman–Crippen LogP) is 1.85. The molecule has 2 atom stereocenters. The van der Waals surface area contributed by atoms with Crippen LogP contribution in [0.5, 0.6) is 0 Å². The summed E-state index contributed by atoms with van der Waals surface area (Å²) in [5.74, 6) is 0.548. The molecular weight excluding hydrogens is 335 g/mol. The van der Waals surface area contributed by atoms with Gasteiger partial charge in [0.15, 0.2) is 0 Å². The second-order valence-electron chi connectivity index (χ2n) is 8.27. The lowest BCUT2D eigenvalue weighted by Gasteiger charge is -2.37. The van der Waals surface area contributed by atoms with E-state index in [0.29, 0.717) is 18.0 Å². The highest BCUT2D eigenvalue weighted by atomic mass is 19.1. The Labute approximate surface area is 156 Å². The number of hydrogen-bond acceptors (Lipinski definition) is 4. The lowest BCUT2D eigenvalue weighted by molar-refractivity contribution is 0.134. The maximum absolute atomic E-state index is 13.4. The number of rotatable bonds is 6. The average molecular weight is 368 g/mol. The van der Waals surface area contributed by atoms with Crippen LogP contribution in [0.2, 0.25) is 0 Å². The number of likely N-dealkylation sites (tertiary alicyclic amines) is 1. The van der Waals surface area contributed by atoms with Gasteiger partial charge >= 0.3 is 6.03 Å². The third kappa shape index (κ3) is 6.06. The molecule has 0 spiro atoms. The average Bonchev–Trinajstić information content (AvgIpc) is 2.59. The van der Waals surface area contributed by atoms with Crippen LogP contribution < -0.4 is 5.32 Å². The number of carbonyl (C=O) groups is 1. The third-order valence-electron chi connectivity index (χ3n) is 5.12. The first-order valence-corrected chi connectivity index (χ1v) is 9.43. The fourth-order valence-electron chi connectivity index (χ4n) is 3.66. The van der Waals surface area contributed by atoms with E-state index in [1.165, 1.54) is 6.08 Å². The summed E-state index contributed by atoms with van der Waals surface area (Å²) in [6.45, 7) is 6.35. The number of piperidine rings is 1. The lowest BCUT2D eigenvalue weighted by atomic mass is 9.84. The highest BCUT2D eigenvalue weighted by Gasteiger charge is 2.29. The lowest BCUT2D eigenvalue weighted by Crippen LogP contribution is -2.48. The fourth-order valence-corrected chi connectivity index (χ4v) is 3.66. The third-order valence-corrected chi connectivity index (χ3v) is 5.12. The first-order chi connectivity index (χ1) is 12.2. The van der Waals surface area contributed by atoms with Gasteiger partial charge in [0.25, 0.3) is 0 Å². The van der Waals surface area contributed by atoms with Crippen molar-refractivity contribution in [2.24, 2.45) is 10.9 Å². The van der Waals surface area contributed by atoms with Crippen molar-refractivity contribution in [2.75, 3.05) is 40.3 Å². The molecule has 0 aromatic carbocycles. The molecule has 2 aliphatic heterocycles. The molecule has 2 N–H and O–H groups in total. The monoisotopic (exact) mass is 368 g/mol. The predicted molar refractivity (Wildman–Crippen MR) is 102 cm³/mol. The SMILES string of the molecule is CN(C)C(=O)N1CCC(CC(C)(C)NC[C@H](O)C2=CC(F)CN=C2)CC1. The smallest absolute Gasteiger partial charge is 0.319 e. The van der Waals surface area contributed by atoms with E-state index in [1.807, 2.05) is 4.90 Å². The summed E-state index contributed by atoms with van der Waals surface area (Å²) in [5, 5.41) is 13.7. The molecule has 0 aromatic rings. The summed E-state index contributed by atoms with van der Waals surface area (Å²) in [4.78, 5) is 19.5. The minimum absolute atomic E-state index is 0.0811. The number of alkyl halides is 1. The molecule has 1 saturated heterocycles. The van der Waals surface area contributed by atoms with Gasteiger partial charge in [-0.15, -0.1) is 0 Å². The Balaban J connectivity index is 1.77. The largest absolute Gasteiger partial charge is 0.387 e. The first kappa shape index (κ1) is 20.8. The van der Waals surface area contributed by atoms with Gasteiger partial charge in [-0.05, 0) is 50.7 Å². The fraction of sp³-hybridized carbons (Fsp3) is 0.789. The van der Waals surface area contributed by atoms with Crippen LogP contribution >= 0.6 is 0 Å². The van der Waals surface area contributed by atoms with Crippen LogP contribution in [-0.4, -0.2) is 85.2 Å². The van der Waals surface area contributed by atoms with Crippen molar-refractivity contribution in [1.29, 1.82) is 0 Å². The van der Waals surface area contributed by atoms with Gasteiger partial charge in [-0.2, -0.15) is 0 Å². The van der Waals surface area contributed by atoms with Crippen molar-refractivity contribution in [3.05, 3.63) is 11.6 Å². The highest BCUT2D eigenvalue weighted by Crippen LogP contribution is 2.26. The normalized spacial score (nSPS) is 22.9. The summed E-state index contributed by atoms with van der Waals surface area (Å²) in [5.41, 5.74) is 0.406. The Morgan fingerprint density at radius 3 is 2.69 bits per heavy atom. The number of hydrogen-bond donors (Lipinski definition) is 2. The molecule has 1 fully saturated rings. The molecule has 7 heteroatoms. The Morgan fingerprint density at radius 1 is 1.46 bits per heavy atom. The van der Waals surface area contributed by atoms with Crippen LogP contribution in [-0.2, 0) is 0 Å². The van der Waals surface area contributed by atoms with E-state index in [4.69, 9.17) is 0 Å². The summed E-state index contributed by atoms with van der Waals surface area (Å²) >= 11 is 0. The number of aliphatic hydroxyl groups is 1. The second kappa shape index (κ2) is 8.95. The number of amides is 2. The van der Waals surface area contributed by atoms with Crippen molar-refractivity contribution in [1.82, 2.24) is 15.1 Å². The number of nitrogens with one attached hydrogen (secondary N) is 1. The van der Waals surface area contributed by atoms with Crippen molar-refractivity contribution in [3.8, 4) is 0 Å². The van der Waals surface area contributed by atoms with Crippen LogP contribution in [0, 0.1) is 5.92 Å². The molecule has 0 aliphatic carbocycles. The van der Waals surface area contributed by atoms with E-state index in [9.17, 15) is 14.3 Å². The quantitative estimate of drug-likeness (QED) is 0.752. The maximum atomic E-state index is 13.4. The van der Waals surface area contributed by atoms with E-state index in [1.54, 1.807) is 25.2 Å². The topological polar surface area (TPSA) is 68.2 Å². The van der Waals surface area contributed by atoms with Crippen molar-refractivity contribution in [3.63, 3.8) is 0 Å². The molecule has 2 aliphatic rings. The van der Waals surface area contributed by atoms with Crippen LogP contribution in [0.15, 0.2) is 16.6 Å². The van der Waals surface area contributed by atoms with Gasteiger partial charge in [0, 0.05) is 45.5 Å². The van der Waals surface area contributed by atoms with Gasteiger partial charge in [0.2, 0.25) is 0 Å². The second-order valence-corrected chi connectivity index (χ2v) is 8.27. The van der Waals surface area contributed by atoms with Gasteiger partial charge < -0.3 is 20.2 Å². The molecule has 0 bridgehead atoms. The minimum atomic E-state index is -1.10. The molecule has 2 rings (SSSR count). The Morgan fingerprint density at radius 2 is 2.12 bits per heavy atom. The number of carbonyl (C=O) groups excluding carboxylic acids is 1. The molecule has 1 unspecified atom stereocenters. The number of halogens is 1. The van der Waals surface area contributed by atoms with Gasteiger partial charge in [-0.3, -0.25) is 4.99 Å². The summed E-state index contributed by atoms with van der Waals surface area (Å²) in [7, 11) is 3.56. The zero-order chi connectivity index (χ0) is 19.3. The van der Waals surface area contributed by atoms with Gasteiger partial charge in [-0.25, -0.2) is 9.18 Å². The van der Waals surface area contributed by atoms with Gasteiger partial charge in [-0.1, -0.05) is 0 Å². The molecule has 26 heavy (non-hydrogen) atoms. The molecule has 0 radical (unpaired) electrons. The van der Waals surface area contributed by atoms with Crippen LogP contribution in [0.4, 0.5) is 9.18 Å². The number of nitrogens with zero attached hydrogens (tertiary/aromatic N) is 3. The maximum Gasteiger partial charge on any atom is 0.319 e. The Hall–Kier alpha value is -1.47. The number of aliphatic imine (C=N–C) groups is 1. The molecule has 6 nitrogen and oxygen atoms in total. The van der Waals surface area contributed by atoms with Crippen LogP contribution in [0.3, 0.4) is 0 Å².